The van der Waals surface area contributed by atoms with Gasteiger partial charge < -0.3 is 10.2 Å². The second kappa shape index (κ2) is 3.50. The third-order valence-electron chi connectivity index (χ3n) is 2.46. The van der Waals surface area contributed by atoms with Crippen molar-refractivity contribution in [2.75, 3.05) is 6.61 Å². The molecule has 1 unspecified atom stereocenters. The Morgan fingerprint density at radius 3 is 2.27 bits per heavy atom. The van der Waals surface area contributed by atoms with E-state index in [1.54, 1.807) is 0 Å². The first kappa shape index (κ1) is 8.94. The zero-order valence-electron chi connectivity index (χ0n) is 6.59. The molecule has 1 aliphatic rings. The molecule has 1 rings (SSSR count). The molecule has 2 N–H and O–H groups in total. The summed E-state index contributed by atoms with van der Waals surface area (Å²) in [6.07, 6.45) is 2.35. The molecule has 66 valence electrons. The van der Waals surface area contributed by atoms with Crippen LogP contribution in [0, 0.1) is 0 Å². The first-order chi connectivity index (χ1) is 5.19. The van der Waals surface area contributed by atoms with Crippen molar-refractivity contribution < 1.29 is 14.6 Å². The summed E-state index contributed by atoms with van der Waals surface area (Å²) in [5.41, 5.74) is -1.23. The average molecular weight is 162 g/mol. The molecule has 0 aliphatic heterocycles. The Balaban J connectivity index is 2.49. The van der Waals surface area contributed by atoms with E-state index in [0.29, 0.717) is 12.8 Å². The van der Waals surface area contributed by atoms with Crippen molar-refractivity contribution >= 4 is 0 Å². The number of rotatable bonds is 2. The zero-order chi connectivity index (χ0) is 8.32. The molecule has 1 aliphatic carbocycles. The van der Waals surface area contributed by atoms with Gasteiger partial charge in [0.15, 0.2) is 6.17 Å². The molecule has 3 heteroatoms. The van der Waals surface area contributed by atoms with Crippen molar-refractivity contribution in [3.05, 3.63) is 0 Å². The van der Waals surface area contributed by atoms with Gasteiger partial charge in [-0.25, -0.2) is 4.39 Å². The highest BCUT2D eigenvalue weighted by Crippen LogP contribution is 2.32. The van der Waals surface area contributed by atoms with Crippen LogP contribution in [0.3, 0.4) is 0 Å². The normalized spacial score (nSPS) is 26.5. The van der Waals surface area contributed by atoms with E-state index in [1.807, 2.05) is 0 Å². The molecule has 0 aromatic heterocycles. The summed E-state index contributed by atoms with van der Waals surface area (Å²) in [6.45, 7) is -0.559. The number of aliphatic hydroxyl groups excluding tert-OH is 1. The van der Waals surface area contributed by atoms with Crippen molar-refractivity contribution in [2.45, 2.75) is 43.9 Å². The lowest BCUT2D eigenvalue weighted by Crippen LogP contribution is -2.43. The first-order valence-corrected chi connectivity index (χ1v) is 4.16. The fourth-order valence-corrected chi connectivity index (χ4v) is 1.65. The van der Waals surface area contributed by atoms with E-state index in [2.05, 4.69) is 0 Å². The number of aliphatic hydroxyl groups is 2. The smallest absolute Gasteiger partial charge is 0.152 e. The summed E-state index contributed by atoms with van der Waals surface area (Å²) in [5, 5.41) is 18.1. The van der Waals surface area contributed by atoms with E-state index >= 15 is 0 Å². The highest BCUT2D eigenvalue weighted by molar-refractivity contribution is 4.88. The van der Waals surface area contributed by atoms with Crippen molar-refractivity contribution in [3.8, 4) is 0 Å². The van der Waals surface area contributed by atoms with E-state index in [1.165, 1.54) is 0 Å². The Morgan fingerprint density at radius 2 is 1.82 bits per heavy atom. The summed E-state index contributed by atoms with van der Waals surface area (Å²) in [6, 6.07) is 0. The van der Waals surface area contributed by atoms with E-state index < -0.39 is 18.4 Å². The van der Waals surface area contributed by atoms with E-state index in [9.17, 15) is 9.50 Å². The highest BCUT2D eigenvalue weighted by atomic mass is 19.1. The largest absolute Gasteiger partial charge is 0.393 e. The van der Waals surface area contributed by atoms with Gasteiger partial charge >= 0.3 is 0 Å². The van der Waals surface area contributed by atoms with Crippen molar-refractivity contribution in [2.24, 2.45) is 0 Å². The van der Waals surface area contributed by atoms with Crippen molar-refractivity contribution in [3.63, 3.8) is 0 Å². The third-order valence-corrected chi connectivity index (χ3v) is 2.46. The van der Waals surface area contributed by atoms with Gasteiger partial charge in [0.05, 0.1) is 12.2 Å². The highest BCUT2D eigenvalue weighted by Gasteiger charge is 2.37. The minimum absolute atomic E-state index is 0.495. The summed E-state index contributed by atoms with van der Waals surface area (Å²) >= 11 is 0. The monoisotopic (exact) mass is 162 g/mol. The molecule has 0 aromatic rings. The number of halogens is 1. The Bertz CT molecular complexity index is 121. The predicted octanol–water partition coefficient (Wildman–Crippen LogP) is 1.01. The summed E-state index contributed by atoms with van der Waals surface area (Å²) < 4.78 is 12.9. The summed E-state index contributed by atoms with van der Waals surface area (Å²) in [5.74, 6) is 0. The Labute approximate surface area is 66.0 Å². The van der Waals surface area contributed by atoms with Gasteiger partial charge in [-0.3, -0.25) is 0 Å². The molecule has 0 heterocycles. The lowest BCUT2D eigenvalue weighted by molar-refractivity contribution is -0.0788. The van der Waals surface area contributed by atoms with Crippen LogP contribution in [0.15, 0.2) is 0 Å². The van der Waals surface area contributed by atoms with Crippen LogP contribution in [-0.2, 0) is 0 Å². The van der Waals surface area contributed by atoms with Gasteiger partial charge in [0.1, 0.15) is 0 Å². The molecule has 11 heavy (non-hydrogen) atoms. The predicted molar refractivity (Wildman–Crippen MR) is 40.0 cm³/mol. The molecule has 1 fully saturated rings. The fourth-order valence-electron chi connectivity index (χ4n) is 1.65. The van der Waals surface area contributed by atoms with E-state index in [0.717, 1.165) is 19.3 Å². The standard InChI is InChI=1S/C8H15FO2/c9-7(6-10)8(11)4-2-1-3-5-8/h7,10-11H,1-6H2. The van der Waals surface area contributed by atoms with Crippen LogP contribution in [0.2, 0.25) is 0 Å². The summed E-state index contributed by atoms with van der Waals surface area (Å²) in [7, 11) is 0. The Morgan fingerprint density at radius 1 is 1.27 bits per heavy atom. The molecular weight excluding hydrogens is 147 g/mol. The molecule has 1 saturated carbocycles. The maximum atomic E-state index is 12.9. The van der Waals surface area contributed by atoms with Crippen molar-refractivity contribution in [1.29, 1.82) is 0 Å². The second-order valence-corrected chi connectivity index (χ2v) is 3.31. The topological polar surface area (TPSA) is 40.5 Å². The van der Waals surface area contributed by atoms with Crippen LogP contribution in [0.1, 0.15) is 32.1 Å². The zero-order valence-corrected chi connectivity index (χ0v) is 6.59. The fraction of sp³-hybridized carbons (Fsp3) is 1.00. The van der Waals surface area contributed by atoms with Crippen molar-refractivity contribution in [1.82, 2.24) is 0 Å². The molecular formula is C8H15FO2. The van der Waals surface area contributed by atoms with Crippen LogP contribution < -0.4 is 0 Å². The maximum absolute atomic E-state index is 12.9. The number of hydrogen-bond donors (Lipinski definition) is 2. The average Bonchev–Trinajstić information content (AvgIpc) is 2.04. The van der Waals surface area contributed by atoms with Gasteiger partial charge in [-0.05, 0) is 12.8 Å². The Kier molecular flexibility index (Phi) is 2.84. The number of alkyl halides is 1. The lowest BCUT2D eigenvalue weighted by Gasteiger charge is -2.33. The molecule has 0 radical (unpaired) electrons. The van der Waals surface area contributed by atoms with Gasteiger partial charge in [0.25, 0.3) is 0 Å². The van der Waals surface area contributed by atoms with Crippen LogP contribution >= 0.6 is 0 Å². The molecule has 0 aromatic carbocycles. The third kappa shape index (κ3) is 1.91. The van der Waals surface area contributed by atoms with Gasteiger partial charge in [-0.15, -0.1) is 0 Å². The SMILES string of the molecule is OCC(F)C1(O)CCCCC1. The minimum atomic E-state index is -1.46. The van der Waals surface area contributed by atoms with E-state index in [-0.39, 0.29) is 0 Å². The number of hydrogen-bond acceptors (Lipinski definition) is 2. The molecule has 2 nitrogen and oxygen atoms in total. The molecule has 0 spiro atoms. The Hall–Kier alpha value is -0.150. The molecule has 1 atom stereocenters. The quantitative estimate of drug-likeness (QED) is 0.636. The van der Waals surface area contributed by atoms with E-state index in [4.69, 9.17) is 5.11 Å². The van der Waals surface area contributed by atoms with Gasteiger partial charge in [0, 0.05) is 0 Å². The molecule has 0 saturated heterocycles. The van der Waals surface area contributed by atoms with Gasteiger partial charge in [0.2, 0.25) is 0 Å². The second-order valence-electron chi connectivity index (χ2n) is 3.31. The lowest BCUT2D eigenvalue weighted by atomic mass is 9.82. The van der Waals surface area contributed by atoms with Gasteiger partial charge in [-0.1, -0.05) is 19.3 Å². The molecule has 0 bridgehead atoms. The first-order valence-electron chi connectivity index (χ1n) is 4.16. The maximum Gasteiger partial charge on any atom is 0.152 e. The van der Waals surface area contributed by atoms with Crippen LogP contribution in [0.25, 0.3) is 0 Å². The van der Waals surface area contributed by atoms with Crippen LogP contribution in [-0.4, -0.2) is 28.6 Å². The van der Waals surface area contributed by atoms with Crippen LogP contribution in [0.5, 0.6) is 0 Å². The van der Waals surface area contributed by atoms with Crippen LogP contribution in [0.4, 0.5) is 4.39 Å². The van der Waals surface area contributed by atoms with Gasteiger partial charge in [-0.2, -0.15) is 0 Å². The minimum Gasteiger partial charge on any atom is -0.393 e. The molecule has 0 amide bonds. The summed E-state index contributed by atoms with van der Waals surface area (Å²) in [4.78, 5) is 0.